The normalized spacial score (nSPS) is 18.0. The van der Waals surface area contributed by atoms with Crippen molar-refractivity contribution in [2.45, 2.75) is 87.1 Å². The van der Waals surface area contributed by atoms with E-state index in [1.54, 1.807) is 18.2 Å². The van der Waals surface area contributed by atoms with Crippen LogP contribution in [-0.4, -0.2) is 50.7 Å². The number of ether oxygens (including phenoxy) is 4. The van der Waals surface area contributed by atoms with Gasteiger partial charge in [-0.1, -0.05) is 116 Å². The molecule has 276 valence electrons. The molecule has 0 aromatic heterocycles. The molecule has 0 aliphatic heterocycles. The monoisotopic (exact) mass is 720 g/mol. The summed E-state index contributed by atoms with van der Waals surface area (Å²) < 4.78 is 109. The molecule has 1 fully saturated rings. The molecule has 0 spiro atoms. The van der Waals surface area contributed by atoms with E-state index in [0.29, 0.717) is 19.3 Å². The molecule has 0 heterocycles. The summed E-state index contributed by atoms with van der Waals surface area (Å²) in [4.78, 5) is 27.1. The van der Waals surface area contributed by atoms with Crippen molar-refractivity contribution in [2.75, 3.05) is 14.2 Å². The van der Waals surface area contributed by atoms with Crippen molar-refractivity contribution in [3.8, 4) is 0 Å². The molecular formula is C39H42F6O6. The highest BCUT2D eigenvalue weighted by atomic mass is 19.4. The average Bonchev–Trinajstić information content (AvgIpc) is 3.11. The molecule has 0 N–H and O–H groups in total. The minimum atomic E-state index is -5.19. The molecule has 51 heavy (non-hydrogen) atoms. The largest absolute Gasteiger partial charge is 0.459 e. The van der Waals surface area contributed by atoms with Gasteiger partial charge in [0, 0.05) is 31.8 Å². The Kier molecular flexibility index (Phi) is 13.5. The van der Waals surface area contributed by atoms with Crippen molar-refractivity contribution in [3.63, 3.8) is 0 Å². The molecule has 4 atom stereocenters. The molecule has 3 aromatic rings. The topological polar surface area (TPSA) is 71.1 Å². The third kappa shape index (κ3) is 9.02. The fourth-order valence-corrected chi connectivity index (χ4v) is 6.53. The van der Waals surface area contributed by atoms with Crippen LogP contribution in [0.25, 0.3) is 0 Å². The molecule has 4 rings (SSSR count). The average molecular weight is 721 g/mol. The summed E-state index contributed by atoms with van der Waals surface area (Å²) in [6, 6.07) is 22.0. The van der Waals surface area contributed by atoms with E-state index in [2.05, 4.69) is 0 Å². The summed E-state index contributed by atoms with van der Waals surface area (Å²) >= 11 is 0. The highest BCUT2D eigenvalue weighted by Gasteiger charge is 2.65. The maximum absolute atomic E-state index is 14.7. The Labute approximate surface area is 293 Å². The van der Waals surface area contributed by atoms with E-state index in [4.69, 9.17) is 18.9 Å². The van der Waals surface area contributed by atoms with Gasteiger partial charge in [-0.25, -0.2) is 9.59 Å². The van der Waals surface area contributed by atoms with E-state index in [9.17, 15) is 35.9 Å². The number of carbonyl (C=O) groups is 2. The molecule has 0 amide bonds. The first-order valence-corrected chi connectivity index (χ1v) is 16.8. The van der Waals surface area contributed by atoms with Crippen LogP contribution in [0.15, 0.2) is 103 Å². The van der Waals surface area contributed by atoms with E-state index in [1.807, 2.05) is 12.1 Å². The summed E-state index contributed by atoms with van der Waals surface area (Å²) in [6.45, 7) is 0. The Morgan fingerprint density at radius 3 is 1.59 bits per heavy atom. The zero-order valence-electron chi connectivity index (χ0n) is 28.4. The molecular weight excluding hydrogens is 678 g/mol. The number of alkyl halides is 6. The minimum absolute atomic E-state index is 0.106. The lowest BCUT2D eigenvalue weighted by Crippen LogP contribution is -2.53. The maximum atomic E-state index is 14.7. The summed E-state index contributed by atoms with van der Waals surface area (Å²) in [7, 11) is 1.56. The van der Waals surface area contributed by atoms with Gasteiger partial charge in [-0.15, -0.1) is 0 Å². The smallest absolute Gasteiger partial charge is 0.432 e. The maximum Gasteiger partial charge on any atom is 0.432 e. The van der Waals surface area contributed by atoms with Gasteiger partial charge in [0.25, 0.3) is 11.2 Å². The van der Waals surface area contributed by atoms with Crippen molar-refractivity contribution in [2.24, 2.45) is 5.92 Å². The Morgan fingerprint density at radius 2 is 1.14 bits per heavy atom. The predicted octanol–water partition coefficient (Wildman–Crippen LogP) is 9.18. The molecule has 0 radical (unpaired) electrons. The highest BCUT2D eigenvalue weighted by molar-refractivity contribution is 5.83. The van der Waals surface area contributed by atoms with Crippen molar-refractivity contribution in [1.82, 2.24) is 0 Å². The number of carbonyl (C=O) groups excluding carboxylic acids is 2. The van der Waals surface area contributed by atoms with E-state index in [-0.39, 0.29) is 18.8 Å². The van der Waals surface area contributed by atoms with Gasteiger partial charge in [0.05, 0.1) is 0 Å². The molecule has 0 unspecified atom stereocenters. The fourth-order valence-electron chi connectivity index (χ4n) is 6.53. The molecule has 3 aromatic carbocycles. The summed E-state index contributed by atoms with van der Waals surface area (Å²) in [6.07, 6.45) is -5.77. The molecule has 1 saturated carbocycles. The van der Waals surface area contributed by atoms with Gasteiger partial charge in [-0.3, -0.25) is 0 Å². The zero-order valence-corrected chi connectivity index (χ0v) is 28.4. The molecule has 0 bridgehead atoms. The fraction of sp³-hybridized carbons (Fsp3) is 0.436. The van der Waals surface area contributed by atoms with E-state index >= 15 is 0 Å². The third-order valence-corrected chi connectivity index (χ3v) is 9.30. The van der Waals surface area contributed by atoms with Gasteiger partial charge in [-0.05, 0) is 43.2 Å². The zero-order chi connectivity index (χ0) is 37.1. The Balaban J connectivity index is 1.64. The number of benzene rings is 3. The first kappa shape index (κ1) is 39.6. The second-order valence-corrected chi connectivity index (χ2v) is 12.5. The number of aryl methyl sites for hydroxylation is 1. The van der Waals surface area contributed by atoms with E-state index in [0.717, 1.165) is 63.3 Å². The van der Waals surface area contributed by atoms with Crippen LogP contribution >= 0.6 is 0 Å². The molecule has 1 aliphatic carbocycles. The van der Waals surface area contributed by atoms with Gasteiger partial charge in [-0.2, -0.15) is 26.3 Å². The lowest BCUT2D eigenvalue weighted by molar-refractivity contribution is -0.279. The van der Waals surface area contributed by atoms with Crippen LogP contribution in [0.4, 0.5) is 26.3 Å². The summed E-state index contributed by atoms with van der Waals surface area (Å²) in [5.74, 6) is -3.63. The number of methoxy groups -OCH3 is 2. The van der Waals surface area contributed by atoms with Crippen LogP contribution in [-0.2, 0) is 46.2 Å². The first-order valence-electron chi connectivity index (χ1n) is 16.8. The highest BCUT2D eigenvalue weighted by Crippen LogP contribution is 2.45. The Hall–Kier alpha value is -4.16. The van der Waals surface area contributed by atoms with Crippen molar-refractivity contribution >= 4 is 11.9 Å². The third-order valence-electron chi connectivity index (χ3n) is 9.30. The van der Waals surface area contributed by atoms with E-state index < -0.39 is 58.8 Å². The quantitative estimate of drug-likeness (QED) is 0.0887. The number of esters is 2. The Morgan fingerprint density at radius 1 is 0.686 bits per heavy atom. The van der Waals surface area contributed by atoms with Crippen molar-refractivity contribution < 1.29 is 54.9 Å². The summed E-state index contributed by atoms with van der Waals surface area (Å²) in [5, 5.41) is 0. The minimum Gasteiger partial charge on any atom is -0.459 e. The standard InChI is InChI=1S/C39H42F6O6/c1-48-36(38(40,41)42,30-20-11-5-12-21-30)34(46)50-32(27-26-28-16-7-3-8-17-28)24-15-25-33(29-18-9-4-10-19-29)51-35(47)37(49-2,39(43,44)45)31-22-13-6-14-23-31/h3,5-8,11-17,20-23,25,29,32-33H,4,9-10,18-19,24,26-27H2,1-2H3/b25-15+/t32-,33-,36-,37-/m1/s1. The van der Waals surface area contributed by atoms with Crippen LogP contribution in [0.1, 0.15) is 61.6 Å². The lowest BCUT2D eigenvalue weighted by Gasteiger charge is -2.35. The Bertz CT molecular complexity index is 1560. The van der Waals surface area contributed by atoms with E-state index in [1.165, 1.54) is 48.6 Å². The van der Waals surface area contributed by atoms with Crippen LogP contribution in [0, 0.1) is 5.92 Å². The number of halogens is 6. The molecule has 12 heteroatoms. The van der Waals surface area contributed by atoms with Gasteiger partial charge >= 0.3 is 24.3 Å². The van der Waals surface area contributed by atoms with Crippen LogP contribution < -0.4 is 0 Å². The lowest BCUT2D eigenvalue weighted by atomic mass is 9.84. The first-order chi connectivity index (χ1) is 24.3. The second-order valence-electron chi connectivity index (χ2n) is 12.5. The van der Waals surface area contributed by atoms with Gasteiger partial charge in [0.2, 0.25) is 0 Å². The van der Waals surface area contributed by atoms with Crippen LogP contribution in [0.3, 0.4) is 0 Å². The van der Waals surface area contributed by atoms with Crippen molar-refractivity contribution in [3.05, 3.63) is 120 Å². The number of rotatable bonds is 15. The molecule has 0 saturated heterocycles. The van der Waals surface area contributed by atoms with Crippen LogP contribution in [0.5, 0.6) is 0 Å². The second kappa shape index (κ2) is 17.4. The van der Waals surface area contributed by atoms with Gasteiger partial charge in [0.15, 0.2) is 0 Å². The van der Waals surface area contributed by atoms with Crippen molar-refractivity contribution in [1.29, 1.82) is 0 Å². The van der Waals surface area contributed by atoms with Gasteiger partial charge < -0.3 is 18.9 Å². The summed E-state index contributed by atoms with van der Waals surface area (Å²) in [5.41, 5.74) is -6.88. The molecule has 1 aliphatic rings. The SMILES string of the molecule is CO[C@@](C(=O)O[C@H](C/C=C/[C@@H](OC(=O)[C@](OC)(c1ccccc1)C(F)(F)F)C1CCCCC1)CCc1ccccc1)(c1ccccc1)C(F)(F)F. The van der Waals surface area contributed by atoms with Gasteiger partial charge in [0.1, 0.15) is 12.2 Å². The number of hydrogen-bond donors (Lipinski definition) is 0. The van der Waals surface area contributed by atoms with Crippen LogP contribution in [0.2, 0.25) is 0 Å². The number of hydrogen-bond acceptors (Lipinski definition) is 6. The predicted molar refractivity (Wildman–Crippen MR) is 177 cm³/mol. The molecule has 6 nitrogen and oxygen atoms in total.